The van der Waals surface area contributed by atoms with Crippen LogP contribution in [0.5, 0.6) is 0 Å². The van der Waals surface area contributed by atoms with Crippen LogP contribution in [0.1, 0.15) is 53.4 Å². The molecule has 88 valence electrons. The summed E-state index contributed by atoms with van der Waals surface area (Å²) in [4.78, 5) is 21.4. The van der Waals surface area contributed by atoms with Crippen molar-refractivity contribution in [1.82, 2.24) is 0 Å². The van der Waals surface area contributed by atoms with Crippen molar-refractivity contribution in [2.75, 3.05) is 0 Å². The first-order valence-electron chi connectivity index (χ1n) is 5.60. The zero-order valence-corrected chi connectivity index (χ0v) is 10.2. The van der Waals surface area contributed by atoms with Crippen molar-refractivity contribution in [3.05, 3.63) is 0 Å². The van der Waals surface area contributed by atoms with Gasteiger partial charge in [-0.15, -0.1) is 0 Å². The van der Waals surface area contributed by atoms with Gasteiger partial charge in [-0.1, -0.05) is 13.3 Å². The van der Waals surface area contributed by atoms with Gasteiger partial charge >= 0.3 is 5.97 Å². The molecule has 0 N–H and O–H groups in total. The summed E-state index contributed by atoms with van der Waals surface area (Å²) in [5.41, 5.74) is 0. The number of rotatable bonds is 7. The minimum absolute atomic E-state index is 0.0279. The summed E-state index contributed by atoms with van der Waals surface area (Å²) in [5.74, 6) is 0.384. The maximum Gasteiger partial charge on any atom is 0.302 e. The Morgan fingerprint density at radius 1 is 1.13 bits per heavy atom. The largest absolute Gasteiger partial charge is 0.463 e. The van der Waals surface area contributed by atoms with E-state index in [2.05, 4.69) is 6.92 Å². The van der Waals surface area contributed by atoms with Gasteiger partial charge in [0.05, 0.1) is 0 Å². The van der Waals surface area contributed by atoms with Crippen molar-refractivity contribution in [2.24, 2.45) is 5.92 Å². The van der Waals surface area contributed by atoms with Crippen LogP contribution in [0.4, 0.5) is 0 Å². The quantitative estimate of drug-likeness (QED) is 0.483. The number of Topliss-reactive ketones (excluding diaryl/α,β-unsaturated/α-hetero) is 1. The van der Waals surface area contributed by atoms with Crippen molar-refractivity contribution < 1.29 is 14.3 Å². The Kier molecular flexibility index (Phi) is 7.01. The third-order valence-electron chi connectivity index (χ3n) is 2.59. The standard InChI is InChI=1S/C12H22O3/c1-9(11(3)15-12(4)14)7-5-6-8-10(2)13/h9,11H,5-8H2,1-4H3. The van der Waals surface area contributed by atoms with Crippen molar-refractivity contribution in [2.45, 2.75) is 59.5 Å². The molecule has 0 heterocycles. The molecule has 0 aromatic carbocycles. The lowest BCUT2D eigenvalue weighted by Gasteiger charge is -2.19. The molecule has 2 atom stereocenters. The predicted octanol–water partition coefficient (Wildman–Crippen LogP) is 2.72. The van der Waals surface area contributed by atoms with E-state index in [1.54, 1.807) is 6.92 Å². The van der Waals surface area contributed by atoms with Crippen LogP contribution in [0.25, 0.3) is 0 Å². The van der Waals surface area contributed by atoms with Crippen LogP contribution in [0.2, 0.25) is 0 Å². The average Bonchev–Trinajstić information content (AvgIpc) is 2.10. The van der Waals surface area contributed by atoms with Gasteiger partial charge in [0.25, 0.3) is 0 Å². The normalized spacial score (nSPS) is 14.4. The monoisotopic (exact) mass is 214 g/mol. The van der Waals surface area contributed by atoms with Gasteiger partial charge in [-0.3, -0.25) is 4.79 Å². The molecular formula is C12H22O3. The van der Waals surface area contributed by atoms with Crippen LogP contribution in [0.15, 0.2) is 0 Å². The second-order valence-corrected chi connectivity index (χ2v) is 4.24. The minimum Gasteiger partial charge on any atom is -0.463 e. The maximum absolute atomic E-state index is 10.7. The number of carbonyl (C=O) groups excluding carboxylic acids is 2. The van der Waals surface area contributed by atoms with Gasteiger partial charge in [-0.2, -0.15) is 0 Å². The molecule has 2 unspecified atom stereocenters. The summed E-state index contributed by atoms with van der Waals surface area (Å²) < 4.78 is 5.08. The molecule has 3 heteroatoms. The Hall–Kier alpha value is -0.860. The lowest BCUT2D eigenvalue weighted by molar-refractivity contribution is -0.147. The number of carbonyl (C=O) groups is 2. The number of ether oxygens (including phenoxy) is 1. The molecule has 0 saturated carbocycles. The highest BCUT2D eigenvalue weighted by molar-refractivity contribution is 5.75. The number of ketones is 1. The Balaban J connectivity index is 3.59. The first kappa shape index (κ1) is 14.1. The molecule has 0 saturated heterocycles. The fourth-order valence-electron chi connectivity index (χ4n) is 1.45. The van der Waals surface area contributed by atoms with Gasteiger partial charge in [-0.05, 0) is 32.6 Å². The Labute approximate surface area is 92.2 Å². The highest BCUT2D eigenvalue weighted by Crippen LogP contribution is 2.15. The first-order valence-corrected chi connectivity index (χ1v) is 5.60. The molecule has 0 aliphatic carbocycles. The van der Waals surface area contributed by atoms with Crippen LogP contribution < -0.4 is 0 Å². The van der Waals surface area contributed by atoms with Crippen LogP contribution in [0.3, 0.4) is 0 Å². The number of esters is 1. The van der Waals surface area contributed by atoms with Crippen molar-refractivity contribution in [3.8, 4) is 0 Å². The molecule has 0 aromatic heterocycles. The van der Waals surface area contributed by atoms with Crippen LogP contribution in [0, 0.1) is 5.92 Å². The second-order valence-electron chi connectivity index (χ2n) is 4.24. The zero-order chi connectivity index (χ0) is 11.8. The lowest BCUT2D eigenvalue weighted by Crippen LogP contribution is -2.20. The molecule has 0 radical (unpaired) electrons. The molecular weight excluding hydrogens is 192 g/mol. The van der Waals surface area contributed by atoms with E-state index in [0.29, 0.717) is 12.3 Å². The molecule has 0 fully saturated rings. The minimum atomic E-state index is -0.224. The summed E-state index contributed by atoms with van der Waals surface area (Å²) in [6.45, 7) is 7.03. The fraction of sp³-hybridized carbons (Fsp3) is 0.833. The molecule has 0 rings (SSSR count). The van der Waals surface area contributed by atoms with E-state index in [9.17, 15) is 9.59 Å². The molecule has 3 nitrogen and oxygen atoms in total. The lowest BCUT2D eigenvalue weighted by atomic mass is 9.98. The van der Waals surface area contributed by atoms with Crippen molar-refractivity contribution in [3.63, 3.8) is 0 Å². The first-order chi connectivity index (χ1) is 6.93. The molecule has 0 aliphatic heterocycles. The average molecular weight is 214 g/mol. The van der Waals surface area contributed by atoms with Crippen LogP contribution >= 0.6 is 0 Å². The predicted molar refractivity (Wildman–Crippen MR) is 59.5 cm³/mol. The van der Waals surface area contributed by atoms with E-state index >= 15 is 0 Å². The zero-order valence-electron chi connectivity index (χ0n) is 10.2. The van der Waals surface area contributed by atoms with Crippen molar-refractivity contribution >= 4 is 11.8 Å². The van der Waals surface area contributed by atoms with Gasteiger partial charge in [-0.25, -0.2) is 0 Å². The fourth-order valence-corrected chi connectivity index (χ4v) is 1.45. The summed E-state index contributed by atoms with van der Waals surface area (Å²) in [5, 5.41) is 0. The number of unbranched alkanes of at least 4 members (excludes halogenated alkanes) is 1. The van der Waals surface area contributed by atoms with Crippen LogP contribution in [-0.2, 0) is 14.3 Å². The molecule has 0 bridgehead atoms. The van der Waals surface area contributed by atoms with Gasteiger partial charge in [0.15, 0.2) is 0 Å². The highest BCUT2D eigenvalue weighted by atomic mass is 16.5. The summed E-state index contributed by atoms with van der Waals surface area (Å²) in [7, 11) is 0. The van der Waals surface area contributed by atoms with E-state index in [4.69, 9.17) is 4.74 Å². The Morgan fingerprint density at radius 2 is 1.73 bits per heavy atom. The van der Waals surface area contributed by atoms with Crippen LogP contribution in [-0.4, -0.2) is 17.9 Å². The molecule has 15 heavy (non-hydrogen) atoms. The summed E-state index contributed by atoms with van der Waals surface area (Å²) >= 11 is 0. The Bertz CT molecular complexity index is 211. The van der Waals surface area contributed by atoms with Gasteiger partial charge in [0.2, 0.25) is 0 Å². The summed E-state index contributed by atoms with van der Waals surface area (Å²) in [6, 6.07) is 0. The highest BCUT2D eigenvalue weighted by Gasteiger charge is 2.14. The second kappa shape index (κ2) is 7.43. The summed E-state index contributed by atoms with van der Waals surface area (Å²) in [6.07, 6.45) is 3.59. The van der Waals surface area contributed by atoms with Gasteiger partial charge in [0, 0.05) is 13.3 Å². The van der Waals surface area contributed by atoms with Gasteiger partial charge in [0.1, 0.15) is 11.9 Å². The molecule has 0 aliphatic rings. The number of hydrogen-bond acceptors (Lipinski definition) is 3. The van der Waals surface area contributed by atoms with Crippen molar-refractivity contribution in [1.29, 1.82) is 0 Å². The molecule has 0 aromatic rings. The van der Waals surface area contributed by atoms with E-state index in [-0.39, 0.29) is 17.9 Å². The third kappa shape index (κ3) is 8.16. The topological polar surface area (TPSA) is 43.4 Å². The third-order valence-corrected chi connectivity index (χ3v) is 2.59. The maximum atomic E-state index is 10.7. The molecule has 0 spiro atoms. The smallest absolute Gasteiger partial charge is 0.302 e. The number of hydrogen-bond donors (Lipinski definition) is 0. The SMILES string of the molecule is CC(=O)CCCCC(C)C(C)OC(C)=O. The van der Waals surface area contributed by atoms with Gasteiger partial charge < -0.3 is 9.53 Å². The van der Waals surface area contributed by atoms with E-state index in [1.165, 1.54) is 6.92 Å². The molecule has 0 amide bonds. The van der Waals surface area contributed by atoms with E-state index in [0.717, 1.165) is 19.3 Å². The van der Waals surface area contributed by atoms with E-state index < -0.39 is 0 Å². The van der Waals surface area contributed by atoms with E-state index in [1.807, 2.05) is 6.92 Å². The Morgan fingerprint density at radius 3 is 2.20 bits per heavy atom.